The van der Waals surface area contributed by atoms with Crippen LogP contribution >= 0.6 is 11.8 Å². The lowest BCUT2D eigenvalue weighted by Gasteiger charge is -2.25. The Kier molecular flexibility index (Phi) is 14.0. The van der Waals surface area contributed by atoms with Gasteiger partial charge in [-0.15, -0.1) is 0 Å². The molecule has 0 saturated heterocycles. The number of aliphatic carboxylic acids is 1. The second-order valence-electron chi connectivity index (χ2n) is 9.16. The predicted molar refractivity (Wildman–Crippen MR) is 150 cm³/mol. The van der Waals surface area contributed by atoms with E-state index in [1.807, 2.05) is 36.6 Å². The van der Waals surface area contributed by atoms with Crippen LogP contribution in [-0.2, 0) is 32.0 Å². The fraction of sp³-hybridized carbons (Fsp3) is 0.500. The number of hydrogen-bond donors (Lipinski definition) is 7. The third-order valence-corrected chi connectivity index (χ3v) is 6.70. The van der Waals surface area contributed by atoms with E-state index in [-0.39, 0.29) is 25.7 Å². The summed E-state index contributed by atoms with van der Waals surface area (Å²) in [5.41, 5.74) is 13.1. The van der Waals surface area contributed by atoms with Gasteiger partial charge in [-0.1, -0.05) is 30.3 Å². The normalized spacial score (nSPS) is 14.0. The summed E-state index contributed by atoms with van der Waals surface area (Å²) >= 11 is 1.47. The van der Waals surface area contributed by atoms with Crippen molar-refractivity contribution in [2.45, 2.75) is 62.7 Å². The molecule has 0 aliphatic heterocycles. The van der Waals surface area contributed by atoms with E-state index in [2.05, 4.69) is 25.9 Å². The molecule has 2 aromatic rings. The van der Waals surface area contributed by atoms with Crippen LogP contribution in [0.15, 0.2) is 42.9 Å². The number of nitrogens with two attached hydrogens (primary N) is 2. The van der Waals surface area contributed by atoms with Gasteiger partial charge in [0.25, 0.3) is 0 Å². The second kappa shape index (κ2) is 17.2. The Bertz CT molecular complexity index is 1040. The molecule has 4 unspecified atom stereocenters. The van der Waals surface area contributed by atoms with Gasteiger partial charge in [0.15, 0.2) is 0 Å². The zero-order chi connectivity index (χ0) is 28.6. The largest absolute Gasteiger partial charge is 0.480 e. The molecule has 214 valence electrons. The van der Waals surface area contributed by atoms with Crippen molar-refractivity contribution in [1.82, 2.24) is 25.9 Å². The molecule has 0 saturated carbocycles. The second-order valence-corrected chi connectivity index (χ2v) is 10.2. The number of thioether (sulfide) groups is 1. The number of carbonyl (C=O) groups is 4. The molecule has 0 fully saturated rings. The summed E-state index contributed by atoms with van der Waals surface area (Å²) in [7, 11) is 0. The number of nitrogens with zero attached hydrogens (tertiary/aromatic N) is 1. The lowest BCUT2D eigenvalue weighted by molar-refractivity contribution is -0.142. The zero-order valence-electron chi connectivity index (χ0n) is 22.1. The Hall–Kier alpha value is -3.42. The van der Waals surface area contributed by atoms with Crippen LogP contribution in [-0.4, -0.2) is 81.5 Å². The van der Waals surface area contributed by atoms with Gasteiger partial charge in [-0.25, -0.2) is 9.78 Å². The summed E-state index contributed by atoms with van der Waals surface area (Å²) in [6.45, 7) is 0.424. The number of nitrogens with one attached hydrogen (secondary N) is 4. The zero-order valence-corrected chi connectivity index (χ0v) is 22.9. The van der Waals surface area contributed by atoms with Gasteiger partial charge in [0.05, 0.1) is 12.4 Å². The topological polar surface area (TPSA) is 205 Å². The summed E-state index contributed by atoms with van der Waals surface area (Å²) in [6, 6.07) is 5.01. The molecule has 0 radical (unpaired) electrons. The highest BCUT2D eigenvalue weighted by Crippen LogP contribution is 2.09. The third kappa shape index (κ3) is 11.5. The smallest absolute Gasteiger partial charge is 0.326 e. The number of carboxylic acids is 1. The van der Waals surface area contributed by atoms with Crippen LogP contribution in [0.1, 0.15) is 36.9 Å². The van der Waals surface area contributed by atoms with Crippen molar-refractivity contribution in [3.63, 3.8) is 0 Å². The Labute approximate surface area is 232 Å². The molecular formula is C26H39N7O5S. The van der Waals surface area contributed by atoms with Gasteiger partial charge < -0.3 is 37.5 Å². The minimum atomic E-state index is -1.15. The number of benzene rings is 1. The highest BCUT2D eigenvalue weighted by atomic mass is 32.2. The highest BCUT2D eigenvalue weighted by molar-refractivity contribution is 7.98. The molecule has 39 heavy (non-hydrogen) atoms. The van der Waals surface area contributed by atoms with Crippen molar-refractivity contribution in [1.29, 1.82) is 0 Å². The first-order chi connectivity index (χ1) is 18.7. The van der Waals surface area contributed by atoms with Crippen molar-refractivity contribution in [2.75, 3.05) is 18.6 Å². The molecule has 1 heterocycles. The van der Waals surface area contributed by atoms with Crippen LogP contribution in [0.3, 0.4) is 0 Å². The van der Waals surface area contributed by atoms with E-state index in [0.29, 0.717) is 30.8 Å². The van der Waals surface area contributed by atoms with Crippen molar-refractivity contribution in [3.8, 4) is 0 Å². The number of imidazole rings is 1. The first-order valence-electron chi connectivity index (χ1n) is 12.8. The van der Waals surface area contributed by atoms with Crippen LogP contribution in [0.5, 0.6) is 0 Å². The number of unbranched alkanes of at least 4 members (excludes halogenated alkanes) is 1. The van der Waals surface area contributed by atoms with Gasteiger partial charge in [0.2, 0.25) is 17.7 Å². The van der Waals surface area contributed by atoms with Gasteiger partial charge in [-0.05, 0) is 49.8 Å². The molecule has 3 amide bonds. The van der Waals surface area contributed by atoms with Crippen LogP contribution < -0.4 is 27.4 Å². The highest BCUT2D eigenvalue weighted by Gasteiger charge is 2.30. The van der Waals surface area contributed by atoms with Crippen molar-refractivity contribution in [2.24, 2.45) is 11.5 Å². The lowest BCUT2D eigenvalue weighted by atomic mass is 10.0. The van der Waals surface area contributed by atoms with E-state index in [0.717, 1.165) is 5.56 Å². The van der Waals surface area contributed by atoms with E-state index in [1.54, 1.807) is 6.20 Å². The van der Waals surface area contributed by atoms with Crippen molar-refractivity contribution < 1.29 is 24.3 Å². The van der Waals surface area contributed by atoms with Gasteiger partial charge in [0.1, 0.15) is 18.1 Å². The van der Waals surface area contributed by atoms with Crippen LogP contribution in [0.2, 0.25) is 0 Å². The number of H-pyrrole nitrogens is 1. The molecule has 12 nitrogen and oxygen atoms in total. The minimum absolute atomic E-state index is 0.135. The maximum atomic E-state index is 13.4. The fourth-order valence-corrected chi connectivity index (χ4v) is 4.33. The summed E-state index contributed by atoms with van der Waals surface area (Å²) in [4.78, 5) is 58.0. The molecule has 1 aromatic carbocycles. The van der Waals surface area contributed by atoms with Gasteiger partial charge >= 0.3 is 5.97 Å². The van der Waals surface area contributed by atoms with E-state index >= 15 is 0 Å². The Morgan fingerprint density at radius 2 is 1.62 bits per heavy atom. The van der Waals surface area contributed by atoms with Crippen LogP contribution in [0.25, 0.3) is 0 Å². The van der Waals surface area contributed by atoms with Gasteiger partial charge in [0, 0.05) is 24.7 Å². The molecule has 9 N–H and O–H groups in total. The molecule has 0 spiro atoms. The average molecular weight is 562 g/mol. The summed E-state index contributed by atoms with van der Waals surface area (Å²) in [5, 5.41) is 17.6. The van der Waals surface area contributed by atoms with Crippen LogP contribution in [0.4, 0.5) is 0 Å². The van der Waals surface area contributed by atoms with Gasteiger partial charge in [-0.3, -0.25) is 14.4 Å². The van der Waals surface area contributed by atoms with Crippen molar-refractivity contribution >= 4 is 35.5 Å². The van der Waals surface area contributed by atoms with Crippen LogP contribution in [0, 0.1) is 0 Å². The molecule has 4 atom stereocenters. The van der Waals surface area contributed by atoms with Crippen molar-refractivity contribution in [3.05, 3.63) is 54.1 Å². The van der Waals surface area contributed by atoms with E-state index in [4.69, 9.17) is 11.5 Å². The lowest BCUT2D eigenvalue weighted by Crippen LogP contribution is -2.57. The number of aromatic amines is 1. The monoisotopic (exact) mass is 561 g/mol. The van der Waals surface area contributed by atoms with Gasteiger partial charge in [-0.2, -0.15) is 11.8 Å². The fourth-order valence-electron chi connectivity index (χ4n) is 3.86. The molecule has 2 rings (SSSR count). The SMILES string of the molecule is CSCCC(NC(=O)C(Cc1ccccc1)NC(=O)C(CCCCN)NC(=O)C(N)Cc1cnc[nH]1)C(=O)O. The third-order valence-electron chi connectivity index (χ3n) is 6.05. The number of aromatic nitrogens is 2. The summed E-state index contributed by atoms with van der Waals surface area (Å²) in [5.74, 6) is -2.32. The number of carboxylic acid groups (broad SMARTS) is 1. The molecule has 1 aromatic heterocycles. The Morgan fingerprint density at radius 1 is 0.949 bits per heavy atom. The number of carbonyl (C=O) groups excluding carboxylic acids is 3. The number of amides is 3. The number of rotatable bonds is 18. The molecule has 13 heteroatoms. The van der Waals surface area contributed by atoms with E-state index < -0.39 is 47.9 Å². The maximum Gasteiger partial charge on any atom is 0.326 e. The quantitative estimate of drug-likeness (QED) is 0.122. The molecule has 0 bridgehead atoms. The van der Waals surface area contributed by atoms with E-state index in [9.17, 15) is 24.3 Å². The Morgan fingerprint density at radius 3 is 2.23 bits per heavy atom. The summed E-state index contributed by atoms with van der Waals surface area (Å²) in [6.07, 6.45) is 6.96. The van der Waals surface area contributed by atoms with E-state index in [1.165, 1.54) is 18.1 Å². The number of hydrogen-bond acceptors (Lipinski definition) is 8. The predicted octanol–water partition coefficient (Wildman–Crippen LogP) is -0.0567. The minimum Gasteiger partial charge on any atom is -0.480 e. The first-order valence-corrected chi connectivity index (χ1v) is 14.2. The molecule has 0 aliphatic rings. The summed E-state index contributed by atoms with van der Waals surface area (Å²) < 4.78 is 0. The molecular weight excluding hydrogens is 522 g/mol. The maximum absolute atomic E-state index is 13.4. The average Bonchev–Trinajstić information content (AvgIpc) is 3.43. The Balaban J connectivity index is 2.18. The molecule has 0 aliphatic carbocycles. The first kappa shape index (κ1) is 31.8. The standard InChI is InChI=1S/C26H39N7O5S/c1-39-12-10-21(26(37)38)32-25(36)22(13-17-7-3-2-4-8-17)33-24(35)20(9-5-6-11-27)31-23(34)19(28)14-18-15-29-16-30-18/h2-4,7-8,15-16,19-22H,5-6,9-14,27-28H2,1H3,(H,29,30)(H,31,34)(H,32,36)(H,33,35)(H,37,38).